The van der Waals surface area contributed by atoms with Gasteiger partial charge in [-0.25, -0.2) is 5.43 Å². The number of aromatic hydroxyl groups is 2. The zero-order valence-electron chi connectivity index (χ0n) is 11.0. The quantitative estimate of drug-likeness (QED) is 0.440. The summed E-state index contributed by atoms with van der Waals surface area (Å²) in [6.45, 7) is 0. The summed E-state index contributed by atoms with van der Waals surface area (Å²) in [5.41, 5.74) is 1.91. The summed E-state index contributed by atoms with van der Waals surface area (Å²) in [7, 11) is 0. The van der Waals surface area contributed by atoms with Crippen molar-refractivity contribution in [3.63, 3.8) is 0 Å². The Morgan fingerprint density at radius 1 is 1.27 bits per heavy atom. The van der Waals surface area contributed by atoms with Gasteiger partial charge in [0.1, 0.15) is 5.75 Å². The highest BCUT2D eigenvalue weighted by atomic mass is 16.6. The van der Waals surface area contributed by atoms with Gasteiger partial charge in [-0.15, -0.1) is 0 Å². The number of benzene rings is 1. The first-order valence-electron chi connectivity index (χ1n) is 5.93. The topological polar surface area (TPSA) is 138 Å². The summed E-state index contributed by atoms with van der Waals surface area (Å²) in [6, 6.07) is 4.72. The van der Waals surface area contributed by atoms with E-state index in [-0.39, 0.29) is 5.56 Å². The van der Waals surface area contributed by atoms with E-state index in [0.717, 1.165) is 18.3 Å². The smallest absolute Gasteiger partial charge is 0.311 e. The summed E-state index contributed by atoms with van der Waals surface area (Å²) in [5, 5.41) is 33.2. The second-order valence-electron chi connectivity index (χ2n) is 4.09. The van der Waals surface area contributed by atoms with E-state index >= 15 is 0 Å². The Morgan fingerprint density at radius 2 is 1.95 bits per heavy atom. The number of hydrazone groups is 1. The first-order chi connectivity index (χ1) is 10.5. The molecule has 0 saturated carbocycles. The lowest BCUT2D eigenvalue weighted by Crippen LogP contribution is -2.17. The van der Waals surface area contributed by atoms with E-state index in [9.17, 15) is 25.1 Å². The second-order valence-corrected chi connectivity index (χ2v) is 4.09. The fourth-order valence-electron chi connectivity index (χ4n) is 1.56. The van der Waals surface area contributed by atoms with Crippen molar-refractivity contribution in [1.29, 1.82) is 0 Å². The molecule has 0 bridgehead atoms. The van der Waals surface area contributed by atoms with Crippen LogP contribution < -0.4 is 5.43 Å². The van der Waals surface area contributed by atoms with Crippen LogP contribution in [0.4, 0.5) is 5.69 Å². The molecule has 0 radical (unpaired) electrons. The van der Waals surface area contributed by atoms with Gasteiger partial charge < -0.3 is 10.2 Å². The number of hydrogen-bond donors (Lipinski definition) is 3. The van der Waals surface area contributed by atoms with Crippen molar-refractivity contribution in [2.75, 3.05) is 0 Å². The zero-order valence-corrected chi connectivity index (χ0v) is 11.0. The standard InChI is InChI=1S/C13H10N4O5/c18-11-6-12(19)10(17(21)22)5-9(11)7-15-16-13(20)8-1-3-14-4-2-8/h1-7,18-19H,(H,16,20)/b15-7-. The molecule has 0 unspecified atom stereocenters. The molecular formula is C13H10N4O5. The molecular weight excluding hydrogens is 292 g/mol. The van der Waals surface area contributed by atoms with Gasteiger partial charge in [-0.2, -0.15) is 5.10 Å². The number of carbonyl (C=O) groups excluding carboxylic acids is 1. The van der Waals surface area contributed by atoms with Crippen LogP contribution in [-0.4, -0.2) is 32.2 Å². The largest absolute Gasteiger partial charge is 0.507 e. The summed E-state index contributed by atoms with van der Waals surface area (Å²) >= 11 is 0. The van der Waals surface area contributed by atoms with Gasteiger partial charge in [0.05, 0.1) is 11.1 Å². The number of nitrogens with one attached hydrogen (secondary N) is 1. The average Bonchev–Trinajstić information content (AvgIpc) is 2.49. The number of pyridine rings is 1. The van der Waals surface area contributed by atoms with Crippen molar-refractivity contribution in [2.45, 2.75) is 0 Å². The van der Waals surface area contributed by atoms with Gasteiger partial charge in [0.25, 0.3) is 5.91 Å². The molecule has 1 aromatic heterocycles. The Morgan fingerprint density at radius 3 is 2.59 bits per heavy atom. The zero-order chi connectivity index (χ0) is 16.1. The Balaban J connectivity index is 2.15. The van der Waals surface area contributed by atoms with Gasteiger partial charge in [0.15, 0.2) is 5.75 Å². The van der Waals surface area contributed by atoms with E-state index < -0.39 is 28.0 Å². The molecule has 2 aromatic rings. The Bertz CT molecular complexity index is 746. The highest BCUT2D eigenvalue weighted by Crippen LogP contribution is 2.31. The van der Waals surface area contributed by atoms with E-state index in [0.29, 0.717) is 5.56 Å². The molecule has 1 aromatic carbocycles. The second kappa shape index (κ2) is 6.31. The molecule has 0 saturated heterocycles. The number of nitrogens with zero attached hydrogens (tertiary/aromatic N) is 3. The molecule has 22 heavy (non-hydrogen) atoms. The molecule has 9 nitrogen and oxygen atoms in total. The summed E-state index contributed by atoms with van der Waals surface area (Å²) in [6.07, 6.45) is 3.91. The average molecular weight is 302 g/mol. The number of rotatable bonds is 4. The third kappa shape index (κ3) is 3.33. The lowest BCUT2D eigenvalue weighted by atomic mass is 10.2. The Labute approximate surface area is 123 Å². The van der Waals surface area contributed by atoms with Crippen molar-refractivity contribution in [2.24, 2.45) is 5.10 Å². The highest BCUT2D eigenvalue weighted by molar-refractivity contribution is 5.95. The summed E-state index contributed by atoms with van der Waals surface area (Å²) in [4.78, 5) is 25.3. The van der Waals surface area contributed by atoms with Crippen molar-refractivity contribution in [1.82, 2.24) is 10.4 Å². The SMILES string of the molecule is O=C(N/N=C\c1cc([N+](=O)[O-])c(O)cc1O)c1ccncc1. The van der Waals surface area contributed by atoms with E-state index in [1.54, 1.807) is 0 Å². The van der Waals surface area contributed by atoms with E-state index in [1.807, 2.05) is 0 Å². The number of nitro benzene ring substituents is 1. The van der Waals surface area contributed by atoms with Crippen molar-refractivity contribution in [3.8, 4) is 11.5 Å². The molecule has 2 rings (SSSR count). The number of phenolic OH excluding ortho intramolecular Hbond substituents is 2. The number of amides is 1. The normalized spacial score (nSPS) is 10.5. The predicted molar refractivity (Wildman–Crippen MR) is 75.7 cm³/mol. The number of aromatic nitrogens is 1. The fourth-order valence-corrected chi connectivity index (χ4v) is 1.56. The van der Waals surface area contributed by atoms with Crippen LogP contribution >= 0.6 is 0 Å². The van der Waals surface area contributed by atoms with Crippen molar-refractivity contribution < 1.29 is 19.9 Å². The van der Waals surface area contributed by atoms with Gasteiger partial charge >= 0.3 is 5.69 Å². The maximum Gasteiger partial charge on any atom is 0.311 e. The molecule has 1 heterocycles. The minimum absolute atomic E-state index is 0.0282. The molecule has 0 aliphatic heterocycles. The van der Waals surface area contributed by atoms with Crippen LogP contribution in [0.25, 0.3) is 0 Å². The summed E-state index contributed by atoms with van der Waals surface area (Å²) < 4.78 is 0. The minimum atomic E-state index is -0.804. The lowest BCUT2D eigenvalue weighted by molar-refractivity contribution is -0.385. The Kier molecular flexibility index (Phi) is 4.27. The first-order valence-corrected chi connectivity index (χ1v) is 5.93. The molecule has 0 fully saturated rings. The molecule has 0 aliphatic carbocycles. The van der Waals surface area contributed by atoms with Crippen LogP contribution in [0.15, 0.2) is 41.8 Å². The number of phenols is 2. The van der Waals surface area contributed by atoms with E-state index in [1.165, 1.54) is 24.5 Å². The van der Waals surface area contributed by atoms with Crippen LogP contribution in [0.5, 0.6) is 11.5 Å². The molecule has 0 spiro atoms. The molecule has 0 atom stereocenters. The van der Waals surface area contributed by atoms with Gasteiger partial charge in [-0.05, 0) is 12.1 Å². The number of hydrogen-bond acceptors (Lipinski definition) is 7. The fraction of sp³-hybridized carbons (Fsp3) is 0. The lowest BCUT2D eigenvalue weighted by Gasteiger charge is -2.02. The van der Waals surface area contributed by atoms with Crippen LogP contribution in [0, 0.1) is 10.1 Å². The van der Waals surface area contributed by atoms with Gasteiger partial charge in [-0.1, -0.05) is 0 Å². The first kappa shape index (κ1) is 14.9. The van der Waals surface area contributed by atoms with Crippen LogP contribution in [0.1, 0.15) is 15.9 Å². The number of carbonyl (C=O) groups is 1. The molecule has 0 aliphatic rings. The van der Waals surface area contributed by atoms with Crippen LogP contribution in [-0.2, 0) is 0 Å². The monoisotopic (exact) mass is 302 g/mol. The molecule has 9 heteroatoms. The minimum Gasteiger partial charge on any atom is -0.507 e. The summed E-state index contributed by atoms with van der Waals surface area (Å²) in [5.74, 6) is -1.59. The van der Waals surface area contributed by atoms with Gasteiger partial charge in [-0.3, -0.25) is 19.9 Å². The third-order valence-electron chi connectivity index (χ3n) is 2.63. The maximum atomic E-state index is 11.7. The molecule has 112 valence electrons. The van der Waals surface area contributed by atoms with E-state index in [4.69, 9.17) is 0 Å². The Hall–Kier alpha value is -3.49. The predicted octanol–water partition coefficient (Wildman–Crippen LogP) is 1.16. The van der Waals surface area contributed by atoms with Gasteiger partial charge in [0, 0.05) is 35.7 Å². The van der Waals surface area contributed by atoms with Crippen molar-refractivity contribution in [3.05, 3.63) is 57.9 Å². The van der Waals surface area contributed by atoms with E-state index in [2.05, 4.69) is 15.5 Å². The van der Waals surface area contributed by atoms with Crippen LogP contribution in [0.2, 0.25) is 0 Å². The molecule has 1 amide bonds. The van der Waals surface area contributed by atoms with Crippen LogP contribution in [0.3, 0.4) is 0 Å². The number of nitro groups is 1. The van der Waals surface area contributed by atoms with Gasteiger partial charge in [0.2, 0.25) is 0 Å². The molecule has 3 N–H and O–H groups in total. The highest BCUT2D eigenvalue weighted by Gasteiger charge is 2.16. The third-order valence-corrected chi connectivity index (χ3v) is 2.63. The van der Waals surface area contributed by atoms with Crippen molar-refractivity contribution >= 4 is 17.8 Å². The maximum absolute atomic E-state index is 11.7.